The third kappa shape index (κ3) is 3.97. The fraction of sp³-hybridized carbons (Fsp3) is 0.647. The van der Waals surface area contributed by atoms with E-state index in [-0.39, 0.29) is 5.97 Å². The van der Waals surface area contributed by atoms with Crippen LogP contribution in [0.4, 0.5) is 5.82 Å². The molecule has 1 N–H and O–H groups in total. The van der Waals surface area contributed by atoms with Crippen molar-refractivity contribution < 1.29 is 9.53 Å². The van der Waals surface area contributed by atoms with Gasteiger partial charge in [0.25, 0.3) is 0 Å². The van der Waals surface area contributed by atoms with E-state index in [1.165, 1.54) is 19.4 Å². The van der Waals surface area contributed by atoms with Crippen molar-refractivity contribution in [2.45, 2.75) is 38.6 Å². The summed E-state index contributed by atoms with van der Waals surface area (Å²) in [5.74, 6) is 1.59. The third-order valence-electron chi connectivity index (χ3n) is 4.47. The van der Waals surface area contributed by atoms with E-state index in [2.05, 4.69) is 15.2 Å². The van der Waals surface area contributed by atoms with Crippen molar-refractivity contribution in [1.29, 1.82) is 0 Å². The molecule has 2 heterocycles. The van der Waals surface area contributed by atoms with Crippen molar-refractivity contribution in [1.82, 2.24) is 10.3 Å². The van der Waals surface area contributed by atoms with Gasteiger partial charge in [0.2, 0.25) is 0 Å². The molecule has 1 saturated heterocycles. The molecule has 1 aliphatic carbocycles. The number of nitrogens with zero attached hydrogens (tertiary/aromatic N) is 2. The first-order valence-corrected chi connectivity index (χ1v) is 8.37. The molecule has 22 heavy (non-hydrogen) atoms. The maximum Gasteiger partial charge on any atom is 0.339 e. The highest BCUT2D eigenvalue weighted by atomic mass is 16.5. The van der Waals surface area contributed by atoms with E-state index in [0.29, 0.717) is 18.2 Å². The quantitative estimate of drug-likeness (QED) is 0.817. The van der Waals surface area contributed by atoms with E-state index in [1.54, 1.807) is 19.2 Å². The molecule has 5 nitrogen and oxygen atoms in total. The van der Waals surface area contributed by atoms with E-state index in [9.17, 15) is 4.79 Å². The molecule has 2 aliphatic rings. The lowest BCUT2D eigenvalue weighted by Gasteiger charge is -2.33. The van der Waals surface area contributed by atoms with Gasteiger partial charge in [-0.2, -0.15) is 0 Å². The molecule has 5 heteroatoms. The van der Waals surface area contributed by atoms with Crippen LogP contribution in [0.1, 0.15) is 43.0 Å². The van der Waals surface area contributed by atoms with Gasteiger partial charge in [-0.1, -0.05) is 0 Å². The number of carbonyl (C=O) groups excluding carboxylic acids is 1. The summed E-state index contributed by atoms with van der Waals surface area (Å²) in [7, 11) is 0. The number of piperidine rings is 1. The monoisotopic (exact) mass is 303 g/mol. The molecule has 0 amide bonds. The Labute approximate surface area is 132 Å². The maximum absolute atomic E-state index is 11.6. The van der Waals surface area contributed by atoms with Crippen LogP contribution in [0.5, 0.6) is 0 Å². The van der Waals surface area contributed by atoms with Gasteiger partial charge < -0.3 is 15.0 Å². The number of esters is 1. The van der Waals surface area contributed by atoms with Crippen molar-refractivity contribution in [3.63, 3.8) is 0 Å². The number of nitrogens with one attached hydrogen (secondary N) is 1. The zero-order chi connectivity index (χ0) is 15.4. The van der Waals surface area contributed by atoms with Crippen LogP contribution in [0.25, 0.3) is 0 Å². The summed E-state index contributed by atoms with van der Waals surface area (Å²) >= 11 is 0. The highest BCUT2D eigenvalue weighted by Crippen LogP contribution is 2.28. The second kappa shape index (κ2) is 7.09. The molecule has 1 aromatic rings. The first kappa shape index (κ1) is 15.3. The Morgan fingerprint density at radius 1 is 1.32 bits per heavy atom. The number of pyridine rings is 1. The number of anilines is 1. The van der Waals surface area contributed by atoms with Crippen molar-refractivity contribution in [2.75, 3.05) is 31.1 Å². The average molecular weight is 303 g/mol. The minimum Gasteiger partial charge on any atom is -0.462 e. The molecule has 2 fully saturated rings. The van der Waals surface area contributed by atoms with Gasteiger partial charge in [-0.3, -0.25) is 0 Å². The summed E-state index contributed by atoms with van der Waals surface area (Å²) in [6.45, 7) is 5.43. The Morgan fingerprint density at radius 2 is 2.09 bits per heavy atom. The highest BCUT2D eigenvalue weighted by Gasteiger charge is 2.24. The number of hydrogen-bond donors (Lipinski definition) is 1. The molecule has 0 radical (unpaired) electrons. The van der Waals surface area contributed by atoms with Crippen LogP contribution in [0.15, 0.2) is 18.3 Å². The Balaban J connectivity index is 1.48. The lowest BCUT2D eigenvalue weighted by molar-refractivity contribution is 0.0526. The second-order valence-corrected chi connectivity index (χ2v) is 6.24. The smallest absolute Gasteiger partial charge is 0.339 e. The largest absolute Gasteiger partial charge is 0.462 e. The van der Waals surface area contributed by atoms with E-state index < -0.39 is 0 Å². The zero-order valence-electron chi connectivity index (χ0n) is 13.3. The molecule has 3 rings (SSSR count). The van der Waals surface area contributed by atoms with E-state index >= 15 is 0 Å². The molecule has 0 spiro atoms. The van der Waals surface area contributed by atoms with E-state index in [4.69, 9.17) is 4.74 Å². The lowest BCUT2D eigenvalue weighted by Crippen LogP contribution is -2.43. The van der Waals surface area contributed by atoms with Gasteiger partial charge in [0.1, 0.15) is 5.82 Å². The van der Waals surface area contributed by atoms with E-state index in [0.717, 1.165) is 37.7 Å². The van der Waals surface area contributed by atoms with Gasteiger partial charge >= 0.3 is 5.97 Å². The molecular weight excluding hydrogens is 278 g/mol. The normalized spacial score (nSPS) is 19.2. The van der Waals surface area contributed by atoms with Crippen molar-refractivity contribution in [3.05, 3.63) is 23.9 Å². The Bertz CT molecular complexity index is 491. The van der Waals surface area contributed by atoms with Crippen molar-refractivity contribution >= 4 is 11.8 Å². The fourth-order valence-corrected chi connectivity index (χ4v) is 2.88. The summed E-state index contributed by atoms with van der Waals surface area (Å²) in [5, 5.41) is 3.69. The van der Waals surface area contributed by atoms with E-state index in [1.807, 2.05) is 6.07 Å². The number of aromatic nitrogens is 1. The second-order valence-electron chi connectivity index (χ2n) is 6.24. The van der Waals surface area contributed by atoms with Crippen LogP contribution in [0.2, 0.25) is 0 Å². The molecule has 0 atom stereocenters. The summed E-state index contributed by atoms with van der Waals surface area (Å²) in [4.78, 5) is 18.3. The summed E-state index contributed by atoms with van der Waals surface area (Å²) in [5.41, 5.74) is 0.520. The Hall–Kier alpha value is -1.62. The Morgan fingerprint density at radius 3 is 2.68 bits per heavy atom. The van der Waals surface area contributed by atoms with Gasteiger partial charge in [0.15, 0.2) is 0 Å². The maximum atomic E-state index is 11.6. The van der Waals surface area contributed by atoms with Crippen molar-refractivity contribution in [2.24, 2.45) is 5.92 Å². The SMILES string of the molecule is CCOC(=O)c1ccc(N2CCC(NCC3CC3)CC2)nc1. The van der Waals surface area contributed by atoms with Crippen LogP contribution in [0.3, 0.4) is 0 Å². The topological polar surface area (TPSA) is 54.5 Å². The molecule has 0 aromatic carbocycles. The number of ether oxygens (including phenoxy) is 1. The minimum atomic E-state index is -0.301. The standard InChI is InChI=1S/C17H25N3O2/c1-2-22-17(21)14-5-6-16(19-12-14)20-9-7-15(8-10-20)18-11-13-3-4-13/h5-6,12-13,15,18H,2-4,7-11H2,1H3. The van der Waals surface area contributed by atoms with Gasteiger partial charge in [-0.25, -0.2) is 9.78 Å². The predicted molar refractivity (Wildman–Crippen MR) is 86.2 cm³/mol. The molecule has 120 valence electrons. The zero-order valence-corrected chi connectivity index (χ0v) is 13.3. The molecule has 1 aromatic heterocycles. The van der Waals surface area contributed by atoms with Crippen LogP contribution in [0, 0.1) is 5.92 Å². The number of rotatable bonds is 6. The van der Waals surface area contributed by atoms with Crippen LogP contribution < -0.4 is 10.2 Å². The Kier molecular flexibility index (Phi) is 4.93. The first-order valence-electron chi connectivity index (χ1n) is 8.37. The lowest BCUT2D eigenvalue weighted by atomic mass is 10.0. The number of hydrogen-bond acceptors (Lipinski definition) is 5. The average Bonchev–Trinajstić information content (AvgIpc) is 3.38. The van der Waals surface area contributed by atoms with Gasteiger partial charge in [-0.15, -0.1) is 0 Å². The van der Waals surface area contributed by atoms with Crippen molar-refractivity contribution in [3.8, 4) is 0 Å². The highest BCUT2D eigenvalue weighted by molar-refractivity contribution is 5.89. The van der Waals surface area contributed by atoms with Gasteiger partial charge in [-0.05, 0) is 57.2 Å². The van der Waals surface area contributed by atoms with Crippen LogP contribution >= 0.6 is 0 Å². The molecule has 1 aliphatic heterocycles. The third-order valence-corrected chi connectivity index (χ3v) is 4.47. The first-order chi connectivity index (χ1) is 10.8. The van der Waals surface area contributed by atoms with Gasteiger partial charge in [0, 0.05) is 25.3 Å². The molecular formula is C17H25N3O2. The van der Waals surface area contributed by atoms with Crippen LogP contribution in [-0.4, -0.2) is 43.2 Å². The summed E-state index contributed by atoms with van der Waals surface area (Å²) in [6, 6.07) is 4.37. The van der Waals surface area contributed by atoms with Gasteiger partial charge in [0.05, 0.1) is 12.2 Å². The number of carbonyl (C=O) groups is 1. The molecule has 1 saturated carbocycles. The minimum absolute atomic E-state index is 0.301. The van der Waals surface area contributed by atoms with Crippen LogP contribution in [-0.2, 0) is 4.74 Å². The summed E-state index contributed by atoms with van der Waals surface area (Å²) in [6.07, 6.45) is 6.75. The predicted octanol–water partition coefficient (Wildman–Crippen LogP) is 2.23. The summed E-state index contributed by atoms with van der Waals surface area (Å²) < 4.78 is 4.98. The fourth-order valence-electron chi connectivity index (χ4n) is 2.88. The molecule has 0 bridgehead atoms. The molecule has 0 unspecified atom stereocenters.